The molecule has 0 bridgehead atoms. The third-order valence-electron chi connectivity index (χ3n) is 5.14. The normalized spacial score (nSPS) is 16.4. The lowest BCUT2D eigenvalue weighted by molar-refractivity contribution is -0.0942. The third-order valence-corrected chi connectivity index (χ3v) is 6.86. The summed E-state index contributed by atoms with van der Waals surface area (Å²) in [5, 5.41) is 8.86. The van der Waals surface area contributed by atoms with Crippen LogP contribution in [0.3, 0.4) is 0 Å². The summed E-state index contributed by atoms with van der Waals surface area (Å²) in [6, 6.07) is 5.26. The molecule has 0 radical (unpaired) electrons. The van der Waals surface area contributed by atoms with Crippen molar-refractivity contribution in [2.24, 2.45) is 0 Å². The molecule has 0 aliphatic carbocycles. The lowest BCUT2D eigenvalue weighted by Crippen LogP contribution is -2.25. The van der Waals surface area contributed by atoms with Gasteiger partial charge in [-0.2, -0.15) is 0 Å². The fourth-order valence-electron chi connectivity index (χ4n) is 3.55. The van der Waals surface area contributed by atoms with Gasteiger partial charge >= 0.3 is 0 Å². The van der Waals surface area contributed by atoms with Gasteiger partial charge in [-0.25, -0.2) is 18.4 Å². The van der Waals surface area contributed by atoms with Gasteiger partial charge in [0.05, 0.1) is 44.8 Å². The van der Waals surface area contributed by atoms with Crippen LogP contribution in [0.5, 0.6) is 11.5 Å². The molecule has 1 fully saturated rings. The Balaban J connectivity index is 1.70. The second-order valence-electron chi connectivity index (χ2n) is 7.41. The smallest absolute Gasteiger partial charge is 0.169 e. The van der Waals surface area contributed by atoms with Crippen molar-refractivity contribution in [3.63, 3.8) is 0 Å². The number of para-hydroxylation sites is 1. The average molecular weight is 510 g/mol. The summed E-state index contributed by atoms with van der Waals surface area (Å²) in [6.45, 7) is 1.11. The molecule has 182 valence electrons. The molecule has 0 amide bonds. The third kappa shape index (κ3) is 5.46. The standard InChI is InChI=1S/C21H24ClN5O6S/c1-30-15-4-3-5-16(31-2)20(15)27-19(25-26-21(27)17-12-32-7-8-33-17)13-34(28,29)9-6-18-23-10-14(22)11-24-18/h3-5,10-11,17H,6-9,12-13H2,1-2H3/t17-/m0/s1. The van der Waals surface area contributed by atoms with Gasteiger partial charge in [-0.1, -0.05) is 17.7 Å². The Bertz CT molecular complexity index is 1210. The van der Waals surface area contributed by atoms with Crippen LogP contribution in [-0.4, -0.2) is 72.9 Å². The molecule has 3 heterocycles. The molecule has 2 aromatic heterocycles. The Kier molecular flexibility index (Phi) is 7.61. The van der Waals surface area contributed by atoms with Gasteiger partial charge in [0.25, 0.3) is 0 Å². The maximum atomic E-state index is 13.0. The Labute approximate surface area is 201 Å². The second-order valence-corrected chi connectivity index (χ2v) is 10.0. The molecule has 3 aromatic rings. The Morgan fingerprint density at radius 1 is 1.12 bits per heavy atom. The molecule has 1 atom stereocenters. The highest BCUT2D eigenvalue weighted by Crippen LogP contribution is 2.36. The van der Waals surface area contributed by atoms with E-state index in [9.17, 15) is 8.42 Å². The summed E-state index contributed by atoms with van der Waals surface area (Å²) >= 11 is 5.80. The highest BCUT2D eigenvalue weighted by atomic mass is 35.5. The summed E-state index contributed by atoms with van der Waals surface area (Å²) in [4.78, 5) is 8.12. The number of hydrogen-bond acceptors (Lipinski definition) is 10. The molecular formula is C21H24ClN5O6S. The van der Waals surface area contributed by atoms with E-state index in [1.54, 1.807) is 22.8 Å². The van der Waals surface area contributed by atoms with Crippen LogP contribution in [0.2, 0.25) is 5.02 Å². The van der Waals surface area contributed by atoms with Crippen molar-refractivity contribution < 1.29 is 27.4 Å². The molecule has 1 aromatic carbocycles. The van der Waals surface area contributed by atoms with Crippen LogP contribution in [0.4, 0.5) is 0 Å². The lowest BCUT2D eigenvalue weighted by Gasteiger charge is -2.24. The quantitative estimate of drug-likeness (QED) is 0.422. The number of hydrogen-bond donors (Lipinski definition) is 0. The number of halogens is 1. The lowest BCUT2D eigenvalue weighted by atomic mass is 10.2. The van der Waals surface area contributed by atoms with Gasteiger partial charge in [0, 0.05) is 18.8 Å². The number of aryl methyl sites for hydroxylation is 1. The molecule has 34 heavy (non-hydrogen) atoms. The van der Waals surface area contributed by atoms with Crippen LogP contribution in [0.1, 0.15) is 23.6 Å². The first-order valence-electron chi connectivity index (χ1n) is 10.4. The number of methoxy groups -OCH3 is 2. The topological polar surface area (TPSA) is 128 Å². The van der Waals surface area contributed by atoms with Crippen molar-refractivity contribution >= 4 is 21.4 Å². The second kappa shape index (κ2) is 10.6. The predicted molar refractivity (Wildman–Crippen MR) is 122 cm³/mol. The number of benzene rings is 1. The van der Waals surface area contributed by atoms with Crippen molar-refractivity contribution in [1.29, 1.82) is 0 Å². The van der Waals surface area contributed by atoms with Crippen LogP contribution in [0.25, 0.3) is 5.69 Å². The van der Waals surface area contributed by atoms with Crippen molar-refractivity contribution in [2.75, 3.05) is 39.8 Å². The minimum absolute atomic E-state index is 0.137. The van der Waals surface area contributed by atoms with E-state index in [1.165, 1.54) is 26.6 Å². The van der Waals surface area contributed by atoms with Crippen molar-refractivity contribution in [3.8, 4) is 17.2 Å². The zero-order valence-corrected chi connectivity index (χ0v) is 20.3. The average Bonchev–Trinajstić information content (AvgIpc) is 3.25. The maximum absolute atomic E-state index is 13.0. The van der Waals surface area contributed by atoms with Crippen LogP contribution in [0.15, 0.2) is 30.6 Å². The number of ether oxygens (including phenoxy) is 4. The van der Waals surface area contributed by atoms with Gasteiger partial charge < -0.3 is 18.9 Å². The molecule has 0 saturated carbocycles. The molecule has 1 aliphatic rings. The largest absolute Gasteiger partial charge is 0.494 e. The molecule has 4 rings (SSSR count). The number of sulfone groups is 1. The van der Waals surface area contributed by atoms with Gasteiger partial charge in [0.1, 0.15) is 34.9 Å². The summed E-state index contributed by atoms with van der Waals surface area (Å²) in [7, 11) is -0.582. The minimum atomic E-state index is -3.62. The van der Waals surface area contributed by atoms with Crippen LogP contribution >= 0.6 is 11.6 Å². The van der Waals surface area contributed by atoms with Crippen molar-refractivity contribution in [2.45, 2.75) is 18.3 Å². The summed E-state index contributed by atoms with van der Waals surface area (Å²) in [6.07, 6.45) is 2.46. The SMILES string of the molecule is COc1cccc(OC)c1-n1c(CS(=O)(=O)CCc2ncc(Cl)cn2)nnc1[C@@H]1COCCO1. The van der Waals surface area contributed by atoms with Crippen molar-refractivity contribution in [1.82, 2.24) is 24.7 Å². The van der Waals surface area contributed by atoms with Crippen LogP contribution in [0, 0.1) is 0 Å². The molecule has 11 nitrogen and oxygen atoms in total. The first-order chi connectivity index (χ1) is 16.4. The van der Waals surface area contributed by atoms with Gasteiger partial charge in [-0.15, -0.1) is 10.2 Å². The molecule has 0 N–H and O–H groups in total. The summed E-state index contributed by atoms with van der Waals surface area (Å²) < 4.78 is 50.2. The first-order valence-corrected chi connectivity index (χ1v) is 12.6. The zero-order valence-electron chi connectivity index (χ0n) is 18.7. The highest BCUT2D eigenvalue weighted by Gasteiger charge is 2.30. The maximum Gasteiger partial charge on any atom is 0.169 e. The van der Waals surface area contributed by atoms with Gasteiger partial charge in [0.15, 0.2) is 21.5 Å². The number of rotatable bonds is 9. The van der Waals surface area contributed by atoms with E-state index in [0.29, 0.717) is 47.1 Å². The van der Waals surface area contributed by atoms with Crippen molar-refractivity contribution in [3.05, 3.63) is 53.1 Å². The first kappa shape index (κ1) is 24.3. The Hall–Kier alpha value is -2.80. The number of nitrogens with zero attached hydrogens (tertiary/aromatic N) is 5. The van der Waals surface area contributed by atoms with E-state index in [-0.39, 0.29) is 30.4 Å². The highest BCUT2D eigenvalue weighted by molar-refractivity contribution is 7.90. The number of aromatic nitrogens is 5. The minimum Gasteiger partial charge on any atom is -0.494 e. The Morgan fingerprint density at radius 2 is 1.82 bits per heavy atom. The monoisotopic (exact) mass is 509 g/mol. The van der Waals surface area contributed by atoms with E-state index in [2.05, 4.69) is 20.2 Å². The molecule has 0 unspecified atom stereocenters. The molecule has 1 saturated heterocycles. The summed E-state index contributed by atoms with van der Waals surface area (Å²) in [5.41, 5.74) is 0.480. The predicted octanol–water partition coefficient (Wildman–Crippen LogP) is 1.97. The van der Waals surface area contributed by atoms with E-state index in [0.717, 1.165) is 0 Å². The molecule has 0 spiro atoms. The van der Waals surface area contributed by atoms with E-state index < -0.39 is 15.9 Å². The van der Waals surface area contributed by atoms with Crippen LogP contribution in [-0.2, 0) is 31.5 Å². The van der Waals surface area contributed by atoms with Gasteiger partial charge in [0.2, 0.25) is 0 Å². The zero-order chi connectivity index (χ0) is 24.1. The fourth-order valence-corrected chi connectivity index (χ4v) is 4.86. The van der Waals surface area contributed by atoms with E-state index >= 15 is 0 Å². The van der Waals surface area contributed by atoms with E-state index in [1.807, 2.05) is 0 Å². The van der Waals surface area contributed by atoms with Gasteiger partial charge in [-0.05, 0) is 12.1 Å². The molecule has 13 heteroatoms. The van der Waals surface area contributed by atoms with E-state index in [4.69, 9.17) is 30.5 Å². The Morgan fingerprint density at radius 3 is 2.44 bits per heavy atom. The molecular weight excluding hydrogens is 486 g/mol. The molecule has 1 aliphatic heterocycles. The summed E-state index contributed by atoms with van der Waals surface area (Å²) in [5.74, 6) is 1.35. The van der Waals surface area contributed by atoms with Crippen LogP contribution < -0.4 is 9.47 Å². The van der Waals surface area contributed by atoms with Gasteiger partial charge in [-0.3, -0.25) is 4.57 Å². The fraction of sp³-hybridized carbons (Fsp3) is 0.429.